The van der Waals surface area contributed by atoms with Crippen LogP contribution in [0.15, 0.2) is 42.5 Å². The number of nitrogens with one attached hydrogen (secondary N) is 1. The lowest BCUT2D eigenvalue weighted by Gasteiger charge is -2.21. The number of amides is 1. The largest absolute Gasteiger partial charge is 0.493 e. The summed E-state index contributed by atoms with van der Waals surface area (Å²) in [7, 11) is 1.45. The van der Waals surface area contributed by atoms with E-state index in [1.54, 1.807) is 13.0 Å². The highest BCUT2D eigenvalue weighted by molar-refractivity contribution is 5.96. The first-order chi connectivity index (χ1) is 15.4. The van der Waals surface area contributed by atoms with Crippen molar-refractivity contribution in [1.82, 2.24) is 9.78 Å². The van der Waals surface area contributed by atoms with Crippen molar-refractivity contribution >= 4 is 17.7 Å². The molecule has 10 heteroatoms. The molecule has 2 aromatic carbocycles. The van der Waals surface area contributed by atoms with Gasteiger partial charge in [0.05, 0.1) is 24.1 Å². The van der Waals surface area contributed by atoms with E-state index in [0.29, 0.717) is 47.7 Å². The molecule has 0 radical (unpaired) electrons. The lowest BCUT2D eigenvalue weighted by Crippen LogP contribution is -2.22. The summed E-state index contributed by atoms with van der Waals surface area (Å²) < 4.78 is 36.1. The normalized spacial score (nSPS) is 12.2. The van der Waals surface area contributed by atoms with Crippen LogP contribution in [0.5, 0.6) is 17.2 Å². The highest BCUT2D eigenvalue weighted by Gasteiger charge is 2.22. The van der Waals surface area contributed by atoms with Gasteiger partial charge in [-0.05, 0) is 43.3 Å². The Morgan fingerprint density at radius 2 is 1.91 bits per heavy atom. The quantitative estimate of drug-likeness (QED) is 0.587. The van der Waals surface area contributed by atoms with E-state index in [1.165, 1.54) is 48.2 Å². The van der Waals surface area contributed by atoms with Gasteiger partial charge >= 0.3 is 5.97 Å². The average molecular weight is 441 g/mol. The number of ether oxygens (including phenoxy) is 4. The van der Waals surface area contributed by atoms with Crippen LogP contribution in [0.25, 0.3) is 5.69 Å². The van der Waals surface area contributed by atoms with E-state index in [2.05, 4.69) is 10.4 Å². The minimum atomic E-state index is -0.723. The van der Waals surface area contributed by atoms with Crippen LogP contribution in [0, 0.1) is 12.7 Å². The van der Waals surface area contributed by atoms with Gasteiger partial charge in [-0.3, -0.25) is 4.79 Å². The second kappa shape index (κ2) is 8.96. The van der Waals surface area contributed by atoms with Gasteiger partial charge in [0.1, 0.15) is 24.8 Å². The lowest BCUT2D eigenvalue weighted by molar-refractivity contribution is -0.119. The molecule has 0 spiro atoms. The van der Waals surface area contributed by atoms with Crippen LogP contribution in [-0.2, 0) is 9.53 Å². The summed E-state index contributed by atoms with van der Waals surface area (Å²) in [4.78, 5) is 24.9. The zero-order chi connectivity index (χ0) is 22.7. The maximum atomic E-state index is 13.2. The fraction of sp³-hybridized carbons (Fsp3) is 0.227. The minimum Gasteiger partial charge on any atom is -0.493 e. The second-order valence-electron chi connectivity index (χ2n) is 6.89. The van der Waals surface area contributed by atoms with E-state index in [0.717, 1.165) is 0 Å². The van der Waals surface area contributed by atoms with Crippen LogP contribution in [0.2, 0.25) is 0 Å². The van der Waals surface area contributed by atoms with Crippen LogP contribution >= 0.6 is 0 Å². The molecule has 1 aromatic heterocycles. The third-order valence-corrected chi connectivity index (χ3v) is 4.57. The summed E-state index contributed by atoms with van der Waals surface area (Å²) >= 11 is 0. The van der Waals surface area contributed by atoms with E-state index >= 15 is 0 Å². The molecule has 0 atom stereocenters. The minimum absolute atomic E-state index is 0.158. The Balaban J connectivity index is 1.43. The number of carbonyl (C=O) groups is 2. The van der Waals surface area contributed by atoms with Gasteiger partial charge in [-0.2, -0.15) is 5.10 Å². The molecule has 0 bridgehead atoms. The first-order valence-electron chi connectivity index (χ1n) is 9.72. The number of nitrogens with zero attached hydrogens (tertiary/aromatic N) is 2. The average Bonchev–Trinajstić information content (AvgIpc) is 3.16. The number of rotatable bonds is 6. The third-order valence-electron chi connectivity index (χ3n) is 4.57. The van der Waals surface area contributed by atoms with Gasteiger partial charge in [0.25, 0.3) is 5.91 Å². The van der Waals surface area contributed by atoms with Crippen molar-refractivity contribution in [2.45, 2.75) is 6.92 Å². The second-order valence-corrected chi connectivity index (χ2v) is 6.89. The number of anilines is 1. The summed E-state index contributed by atoms with van der Waals surface area (Å²) in [6.07, 6.45) is 0. The van der Waals surface area contributed by atoms with Gasteiger partial charge in [-0.25, -0.2) is 13.9 Å². The Labute approximate surface area is 182 Å². The van der Waals surface area contributed by atoms with Crippen molar-refractivity contribution in [3.05, 3.63) is 59.5 Å². The molecule has 1 amide bonds. The van der Waals surface area contributed by atoms with Crippen LogP contribution in [0.4, 0.5) is 10.2 Å². The van der Waals surface area contributed by atoms with Gasteiger partial charge in [0.15, 0.2) is 18.1 Å². The summed E-state index contributed by atoms with van der Waals surface area (Å²) in [5, 5.41) is 6.94. The zero-order valence-corrected chi connectivity index (χ0v) is 17.4. The molecule has 1 aliphatic rings. The predicted molar refractivity (Wildman–Crippen MR) is 111 cm³/mol. The van der Waals surface area contributed by atoms with Crippen LogP contribution in [0.1, 0.15) is 16.1 Å². The highest BCUT2D eigenvalue weighted by atomic mass is 19.1. The first-order valence-corrected chi connectivity index (χ1v) is 9.72. The fourth-order valence-electron chi connectivity index (χ4n) is 3.15. The Morgan fingerprint density at radius 1 is 1.16 bits per heavy atom. The number of hydrogen-bond acceptors (Lipinski definition) is 7. The SMILES string of the molecule is COc1cc(C(=O)OCC(=O)Nc2cc(C)nn2-c2ccc(F)cc2)cc2c1OCCO2. The number of halogens is 1. The number of aryl methyl sites for hydroxylation is 1. The Morgan fingerprint density at radius 3 is 2.66 bits per heavy atom. The molecule has 32 heavy (non-hydrogen) atoms. The van der Waals surface area contributed by atoms with Gasteiger partial charge in [0.2, 0.25) is 5.75 Å². The van der Waals surface area contributed by atoms with Crippen molar-refractivity contribution in [3.63, 3.8) is 0 Å². The lowest BCUT2D eigenvalue weighted by atomic mass is 10.1. The molecule has 4 rings (SSSR count). The van der Waals surface area contributed by atoms with Gasteiger partial charge in [-0.15, -0.1) is 0 Å². The summed E-state index contributed by atoms with van der Waals surface area (Å²) in [6, 6.07) is 10.2. The summed E-state index contributed by atoms with van der Waals surface area (Å²) in [6.45, 7) is 1.95. The van der Waals surface area contributed by atoms with Gasteiger partial charge < -0.3 is 24.3 Å². The van der Waals surface area contributed by atoms with Crippen molar-refractivity contribution < 1.29 is 32.9 Å². The third kappa shape index (κ3) is 4.48. The molecule has 2 heterocycles. The van der Waals surface area contributed by atoms with Crippen molar-refractivity contribution in [1.29, 1.82) is 0 Å². The standard InChI is InChI=1S/C22H20FN3O6/c1-13-9-19(26(25-13)16-5-3-15(23)4-6-16)24-20(27)12-32-22(28)14-10-17(29-2)21-18(11-14)30-7-8-31-21/h3-6,9-11H,7-8,12H2,1-2H3,(H,24,27). The summed E-state index contributed by atoms with van der Waals surface area (Å²) in [5.74, 6) is -0.202. The number of fused-ring (bicyclic) bond motifs is 1. The van der Waals surface area contributed by atoms with Crippen LogP contribution in [-0.4, -0.2) is 48.6 Å². The number of esters is 1. The van der Waals surface area contributed by atoms with E-state index in [4.69, 9.17) is 18.9 Å². The van der Waals surface area contributed by atoms with Crippen molar-refractivity contribution in [3.8, 4) is 22.9 Å². The zero-order valence-electron chi connectivity index (χ0n) is 17.4. The molecule has 3 aromatic rings. The topological polar surface area (TPSA) is 101 Å². The molecular weight excluding hydrogens is 421 g/mol. The summed E-state index contributed by atoms with van der Waals surface area (Å²) in [5.41, 5.74) is 1.37. The number of aromatic nitrogens is 2. The predicted octanol–water partition coefficient (Wildman–Crippen LogP) is 2.90. The van der Waals surface area contributed by atoms with E-state index in [1.807, 2.05) is 0 Å². The van der Waals surface area contributed by atoms with Gasteiger partial charge in [0, 0.05) is 6.07 Å². The van der Waals surface area contributed by atoms with E-state index in [9.17, 15) is 14.0 Å². The molecule has 0 unspecified atom stereocenters. The maximum Gasteiger partial charge on any atom is 0.338 e. The van der Waals surface area contributed by atoms with Gasteiger partial charge in [-0.1, -0.05) is 0 Å². The molecule has 0 saturated heterocycles. The Bertz CT molecular complexity index is 1140. The molecule has 166 valence electrons. The molecule has 1 aliphatic heterocycles. The Hall–Kier alpha value is -4.08. The van der Waals surface area contributed by atoms with E-state index < -0.39 is 18.5 Å². The molecule has 0 fully saturated rings. The molecular formula is C22H20FN3O6. The molecule has 0 aliphatic carbocycles. The Kier molecular flexibility index (Phi) is 5.93. The number of hydrogen-bond donors (Lipinski definition) is 1. The van der Waals surface area contributed by atoms with E-state index in [-0.39, 0.29) is 11.4 Å². The van der Waals surface area contributed by atoms with Crippen LogP contribution < -0.4 is 19.5 Å². The van der Waals surface area contributed by atoms with Crippen LogP contribution in [0.3, 0.4) is 0 Å². The monoisotopic (exact) mass is 441 g/mol. The highest BCUT2D eigenvalue weighted by Crippen LogP contribution is 2.40. The van der Waals surface area contributed by atoms with Crippen molar-refractivity contribution in [2.24, 2.45) is 0 Å². The molecule has 0 saturated carbocycles. The molecule has 1 N–H and O–H groups in total. The first kappa shape index (κ1) is 21.2. The number of benzene rings is 2. The smallest absolute Gasteiger partial charge is 0.338 e. The molecule has 9 nitrogen and oxygen atoms in total. The maximum absolute atomic E-state index is 13.2. The van der Waals surface area contributed by atoms with Crippen molar-refractivity contribution in [2.75, 3.05) is 32.2 Å². The number of methoxy groups -OCH3 is 1. The fourth-order valence-corrected chi connectivity index (χ4v) is 3.15. The number of carbonyl (C=O) groups excluding carboxylic acids is 2.